The highest BCUT2D eigenvalue weighted by Gasteiger charge is 2.27. The number of hydrogen-bond donors (Lipinski definition) is 1. The first-order chi connectivity index (χ1) is 8.61. The first kappa shape index (κ1) is 13.2. The molecule has 0 radical (unpaired) electrons. The molecular formula is C12H16N2O3S. The molecule has 2 unspecified atom stereocenters. The Hall–Kier alpha value is -1.27. The SMILES string of the molecule is COC(=O)c1cc(N)ncc1SC1CCOC1C. The average Bonchev–Trinajstić information content (AvgIpc) is 2.76. The number of nitrogens with zero attached hydrogens (tertiary/aromatic N) is 1. The predicted molar refractivity (Wildman–Crippen MR) is 69.7 cm³/mol. The van der Waals surface area contributed by atoms with Crippen molar-refractivity contribution in [3.63, 3.8) is 0 Å². The molecule has 1 saturated heterocycles. The van der Waals surface area contributed by atoms with Gasteiger partial charge in [-0.2, -0.15) is 0 Å². The molecule has 0 aliphatic carbocycles. The van der Waals surface area contributed by atoms with Crippen molar-refractivity contribution in [3.05, 3.63) is 17.8 Å². The van der Waals surface area contributed by atoms with Gasteiger partial charge in [-0.1, -0.05) is 0 Å². The van der Waals surface area contributed by atoms with Crippen molar-refractivity contribution in [2.24, 2.45) is 0 Å². The number of ether oxygens (including phenoxy) is 2. The van der Waals surface area contributed by atoms with Gasteiger partial charge >= 0.3 is 5.97 Å². The van der Waals surface area contributed by atoms with E-state index in [4.69, 9.17) is 15.2 Å². The fourth-order valence-electron chi connectivity index (χ4n) is 1.85. The molecule has 0 bridgehead atoms. The van der Waals surface area contributed by atoms with Crippen LogP contribution in [0.15, 0.2) is 17.2 Å². The van der Waals surface area contributed by atoms with Crippen LogP contribution in [0.4, 0.5) is 5.82 Å². The van der Waals surface area contributed by atoms with Gasteiger partial charge < -0.3 is 15.2 Å². The van der Waals surface area contributed by atoms with Gasteiger partial charge in [0.25, 0.3) is 0 Å². The molecular weight excluding hydrogens is 252 g/mol. The van der Waals surface area contributed by atoms with Crippen molar-refractivity contribution < 1.29 is 14.3 Å². The molecule has 1 aromatic heterocycles. The summed E-state index contributed by atoms with van der Waals surface area (Å²) in [7, 11) is 1.36. The number of aromatic nitrogens is 1. The standard InChI is InChI=1S/C12H16N2O3S/c1-7-9(3-4-17-7)18-10-6-14-11(13)5-8(10)12(15)16-2/h5-7,9H,3-4H2,1-2H3,(H2,13,14). The molecule has 0 spiro atoms. The third-order valence-electron chi connectivity index (χ3n) is 2.88. The van der Waals surface area contributed by atoms with E-state index in [1.165, 1.54) is 7.11 Å². The molecule has 0 saturated carbocycles. The Kier molecular flexibility index (Phi) is 4.08. The van der Waals surface area contributed by atoms with Gasteiger partial charge in [-0.15, -0.1) is 11.8 Å². The van der Waals surface area contributed by atoms with E-state index < -0.39 is 5.97 Å². The molecule has 2 heterocycles. The normalized spacial score (nSPS) is 23.0. The zero-order valence-corrected chi connectivity index (χ0v) is 11.2. The summed E-state index contributed by atoms with van der Waals surface area (Å²) in [4.78, 5) is 16.5. The van der Waals surface area contributed by atoms with E-state index in [-0.39, 0.29) is 6.10 Å². The third kappa shape index (κ3) is 2.76. The van der Waals surface area contributed by atoms with Crippen LogP contribution in [-0.4, -0.2) is 36.0 Å². The van der Waals surface area contributed by atoms with E-state index >= 15 is 0 Å². The Balaban J connectivity index is 2.23. The lowest BCUT2D eigenvalue weighted by atomic mass is 10.2. The molecule has 5 nitrogen and oxygen atoms in total. The third-order valence-corrected chi connectivity index (χ3v) is 4.38. The summed E-state index contributed by atoms with van der Waals surface area (Å²) in [5, 5.41) is 0.332. The van der Waals surface area contributed by atoms with Crippen molar-refractivity contribution in [3.8, 4) is 0 Å². The minimum Gasteiger partial charge on any atom is -0.465 e. The largest absolute Gasteiger partial charge is 0.465 e. The Morgan fingerprint density at radius 1 is 1.67 bits per heavy atom. The fraction of sp³-hybridized carbons (Fsp3) is 0.500. The van der Waals surface area contributed by atoms with Gasteiger partial charge in [-0.25, -0.2) is 9.78 Å². The molecule has 1 aliphatic heterocycles. The van der Waals surface area contributed by atoms with Gasteiger partial charge in [0.1, 0.15) is 5.82 Å². The average molecular weight is 268 g/mol. The maximum atomic E-state index is 11.7. The minimum atomic E-state index is -0.391. The molecule has 1 aliphatic rings. The highest BCUT2D eigenvalue weighted by atomic mass is 32.2. The number of esters is 1. The van der Waals surface area contributed by atoms with E-state index in [1.54, 1.807) is 24.0 Å². The van der Waals surface area contributed by atoms with E-state index in [1.807, 2.05) is 6.92 Å². The molecule has 1 aromatic rings. The fourth-order valence-corrected chi connectivity index (χ4v) is 3.05. The Morgan fingerprint density at radius 2 is 2.44 bits per heavy atom. The second kappa shape index (κ2) is 5.58. The van der Waals surface area contributed by atoms with Crippen molar-refractivity contribution in [1.82, 2.24) is 4.98 Å². The van der Waals surface area contributed by atoms with Crippen LogP contribution in [0.3, 0.4) is 0 Å². The van der Waals surface area contributed by atoms with Crippen LogP contribution in [0.5, 0.6) is 0 Å². The highest BCUT2D eigenvalue weighted by Crippen LogP contribution is 2.34. The monoisotopic (exact) mass is 268 g/mol. The Bertz CT molecular complexity index is 453. The van der Waals surface area contributed by atoms with Crippen LogP contribution in [-0.2, 0) is 9.47 Å². The van der Waals surface area contributed by atoms with E-state index in [9.17, 15) is 4.79 Å². The van der Waals surface area contributed by atoms with Gasteiger partial charge in [0.2, 0.25) is 0 Å². The molecule has 0 amide bonds. The first-order valence-electron chi connectivity index (χ1n) is 5.74. The minimum absolute atomic E-state index is 0.179. The zero-order valence-electron chi connectivity index (χ0n) is 10.4. The van der Waals surface area contributed by atoms with Crippen LogP contribution in [0.25, 0.3) is 0 Å². The predicted octanol–water partition coefficient (Wildman–Crippen LogP) is 1.72. The maximum Gasteiger partial charge on any atom is 0.339 e. The summed E-state index contributed by atoms with van der Waals surface area (Å²) in [5.74, 6) is -0.0753. The summed E-state index contributed by atoms with van der Waals surface area (Å²) < 4.78 is 10.3. The molecule has 2 rings (SSSR count). The van der Waals surface area contributed by atoms with E-state index in [2.05, 4.69) is 4.98 Å². The number of thioether (sulfide) groups is 1. The first-order valence-corrected chi connectivity index (χ1v) is 6.62. The smallest absolute Gasteiger partial charge is 0.339 e. The van der Waals surface area contributed by atoms with Crippen LogP contribution in [0.1, 0.15) is 23.7 Å². The quantitative estimate of drug-likeness (QED) is 0.841. The summed E-state index contributed by atoms with van der Waals surface area (Å²) >= 11 is 1.59. The van der Waals surface area contributed by atoms with Gasteiger partial charge in [0.05, 0.1) is 18.8 Å². The number of methoxy groups -OCH3 is 1. The second-order valence-corrected chi connectivity index (χ2v) is 5.40. The Labute approximate surface area is 110 Å². The second-order valence-electron chi connectivity index (χ2n) is 4.12. The van der Waals surface area contributed by atoms with Crippen LogP contribution < -0.4 is 5.73 Å². The number of nitrogen functional groups attached to an aromatic ring is 1. The summed E-state index contributed by atoms with van der Waals surface area (Å²) in [6, 6.07) is 1.55. The lowest BCUT2D eigenvalue weighted by Crippen LogP contribution is -2.14. The van der Waals surface area contributed by atoms with Crippen molar-refractivity contribution in [2.45, 2.75) is 29.6 Å². The topological polar surface area (TPSA) is 74.4 Å². The van der Waals surface area contributed by atoms with Gasteiger partial charge in [0, 0.05) is 22.9 Å². The molecule has 1 fully saturated rings. The molecule has 2 atom stereocenters. The lowest BCUT2D eigenvalue weighted by molar-refractivity contribution is 0.0596. The zero-order chi connectivity index (χ0) is 13.1. The van der Waals surface area contributed by atoms with Crippen molar-refractivity contribution in [1.29, 1.82) is 0 Å². The van der Waals surface area contributed by atoms with Gasteiger partial charge in [0.15, 0.2) is 0 Å². The van der Waals surface area contributed by atoms with Crippen LogP contribution in [0, 0.1) is 0 Å². The molecule has 98 valence electrons. The summed E-state index contributed by atoms with van der Waals surface area (Å²) in [6.45, 7) is 2.79. The van der Waals surface area contributed by atoms with E-state index in [0.717, 1.165) is 17.9 Å². The van der Waals surface area contributed by atoms with Gasteiger partial charge in [-0.3, -0.25) is 0 Å². The van der Waals surface area contributed by atoms with Crippen molar-refractivity contribution in [2.75, 3.05) is 19.5 Å². The lowest BCUT2D eigenvalue weighted by Gasteiger charge is -2.15. The van der Waals surface area contributed by atoms with Crippen LogP contribution >= 0.6 is 11.8 Å². The van der Waals surface area contributed by atoms with Crippen molar-refractivity contribution >= 4 is 23.5 Å². The molecule has 0 aromatic carbocycles. The summed E-state index contributed by atoms with van der Waals surface area (Å²) in [5.41, 5.74) is 6.07. The van der Waals surface area contributed by atoms with Gasteiger partial charge in [-0.05, 0) is 19.4 Å². The number of rotatable bonds is 3. The molecule has 18 heavy (non-hydrogen) atoms. The number of carbonyl (C=O) groups is 1. The number of hydrogen-bond acceptors (Lipinski definition) is 6. The molecule has 2 N–H and O–H groups in total. The number of pyridine rings is 1. The summed E-state index contributed by atoms with van der Waals surface area (Å²) in [6.07, 6.45) is 2.77. The number of nitrogens with two attached hydrogens (primary N) is 1. The Morgan fingerprint density at radius 3 is 3.06 bits per heavy atom. The maximum absolute atomic E-state index is 11.7. The number of anilines is 1. The van der Waals surface area contributed by atoms with E-state index in [0.29, 0.717) is 16.6 Å². The molecule has 6 heteroatoms. The highest BCUT2D eigenvalue weighted by molar-refractivity contribution is 8.00. The van der Waals surface area contributed by atoms with Crippen LogP contribution in [0.2, 0.25) is 0 Å². The number of carbonyl (C=O) groups excluding carboxylic acids is 1.